The highest BCUT2D eigenvalue weighted by Gasteiger charge is 2.13. The first-order chi connectivity index (χ1) is 7.52. The van der Waals surface area contributed by atoms with E-state index in [1.807, 2.05) is 0 Å². The third kappa shape index (κ3) is 3.26. The van der Waals surface area contributed by atoms with E-state index in [4.69, 9.17) is 4.74 Å². The van der Waals surface area contributed by atoms with Crippen molar-refractivity contribution in [3.63, 3.8) is 0 Å². The second-order valence-electron chi connectivity index (χ2n) is 4.29. The molecule has 0 fully saturated rings. The molecule has 1 rings (SSSR count). The van der Waals surface area contributed by atoms with Crippen molar-refractivity contribution in [3.05, 3.63) is 29.3 Å². The summed E-state index contributed by atoms with van der Waals surface area (Å²) in [6.07, 6.45) is 0.832. The van der Waals surface area contributed by atoms with Gasteiger partial charge in [0.15, 0.2) is 0 Å². The molecule has 3 nitrogen and oxygen atoms in total. The van der Waals surface area contributed by atoms with Gasteiger partial charge in [0.2, 0.25) is 0 Å². The van der Waals surface area contributed by atoms with Crippen molar-refractivity contribution in [1.82, 2.24) is 0 Å². The number of phenols is 1. The maximum Gasteiger partial charge on any atom is 0.341 e. The van der Waals surface area contributed by atoms with E-state index in [-0.39, 0.29) is 11.3 Å². The number of ether oxygens (including phenoxy) is 1. The SMILES string of the molecule is Cc1cccc(C(=O)OCCC(C)C)c1O. The summed E-state index contributed by atoms with van der Waals surface area (Å²) in [4.78, 5) is 11.6. The van der Waals surface area contributed by atoms with E-state index in [1.54, 1.807) is 25.1 Å². The summed E-state index contributed by atoms with van der Waals surface area (Å²) < 4.78 is 5.08. The number of hydrogen-bond acceptors (Lipinski definition) is 3. The van der Waals surface area contributed by atoms with Gasteiger partial charge < -0.3 is 9.84 Å². The predicted molar refractivity (Wildman–Crippen MR) is 62.6 cm³/mol. The molecular weight excluding hydrogens is 204 g/mol. The number of aromatic hydroxyl groups is 1. The van der Waals surface area contributed by atoms with E-state index >= 15 is 0 Å². The Morgan fingerprint density at radius 1 is 1.44 bits per heavy atom. The molecule has 0 heterocycles. The molecule has 0 aliphatic rings. The van der Waals surface area contributed by atoms with Crippen LogP contribution in [0.25, 0.3) is 0 Å². The lowest BCUT2D eigenvalue weighted by Crippen LogP contribution is -2.08. The number of benzene rings is 1. The molecule has 16 heavy (non-hydrogen) atoms. The molecule has 1 N–H and O–H groups in total. The van der Waals surface area contributed by atoms with Crippen LogP contribution in [0.15, 0.2) is 18.2 Å². The van der Waals surface area contributed by atoms with Gasteiger partial charge in [0.05, 0.1) is 6.61 Å². The Bertz CT molecular complexity index is 369. The Labute approximate surface area is 96.1 Å². The summed E-state index contributed by atoms with van der Waals surface area (Å²) in [6.45, 7) is 6.28. The van der Waals surface area contributed by atoms with Gasteiger partial charge >= 0.3 is 5.97 Å². The molecule has 0 aromatic heterocycles. The molecule has 1 aromatic rings. The minimum absolute atomic E-state index is 0.0112. The monoisotopic (exact) mass is 222 g/mol. The molecule has 88 valence electrons. The lowest BCUT2D eigenvalue weighted by molar-refractivity contribution is 0.0484. The smallest absolute Gasteiger partial charge is 0.341 e. The Kier molecular flexibility index (Phi) is 4.35. The number of phenolic OH excluding ortho intramolecular Hbond substituents is 1. The maximum absolute atomic E-state index is 11.6. The Morgan fingerprint density at radius 2 is 2.12 bits per heavy atom. The van der Waals surface area contributed by atoms with E-state index in [1.165, 1.54) is 0 Å². The van der Waals surface area contributed by atoms with Crippen LogP contribution in [-0.4, -0.2) is 17.7 Å². The summed E-state index contributed by atoms with van der Waals surface area (Å²) in [6, 6.07) is 5.05. The lowest BCUT2D eigenvalue weighted by Gasteiger charge is -2.08. The average molecular weight is 222 g/mol. The van der Waals surface area contributed by atoms with E-state index in [2.05, 4.69) is 13.8 Å². The van der Waals surface area contributed by atoms with Gasteiger partial charge in [-0.05, 0) is 30.9 Å². The number of carbonyl (C=O) groups excluding carboxylic acids is 1. The highest BCUT2D eigenvalue weighted by Crippen LogP contribution is 2.22. The number of rotatable bonds is 4. The van der Waals surface area contributed by atoms with E-state index < -0.39 is 5.97 Å². The first-order valence-corrected chi connectivity index (χ1v) is 5.48. The van der Waals surface area contributed by atoms with Crippen LogP contribution >= 0.6 is 0 Å². The van der Waals surface area contributed by atoms with Crippen LogP contribution in [0.5, 0.6) is 5.75 Å². The Morgan fingerprint density at radius 3 is 2.75 bits per heavy atom. The van der Waals surface area contributed by atoms with Crippen molar-refractivity contribution in [2.45, 2.75) is 27.2 Å². The van der Waals surface area contributed by atoms with Crippen molar-refractivity contribution in [1.29, 1.82) is 0 Å². The molecule has 0 aliphatic heterocycles. The minimum Gasteiger partial charge on any atom is -0.507 e. The molecule has 0 saturated heterocycles. The van der Waals surface area contributed by atoms with Crippen LogP contribution in [0.4, 0.5) is 0 Å². The van der Waals surface area contributed by atoms with Crippen LogP contribution in [0.1, 0.15) is 36.2 Å². The van der Waals surface area contributed by atoms with Crippen molar-refractivity contribution in [3.8, 4) is 5.75 Å². The highest BCUT2D eigenvalue weighted by molar-refractivity contribution is 5.92. The summed E-state index contributed by atoms with van der Waals surface area (Å²) in [5.41, 5.74) is 0.919. The zero-order valence-electron chi connectivity index (χ0n) is 9.99. The van der Waals surface area contributed by atoms with Gasteiger partial charge in [-0.3, -0.25) is 0 Å². The summed E-state index contributed by atoms with van der Waals surface area (Å²) in [5, 5.41) is 9.68. The van der Waals surface area contributed by atoms with Crippen molar-refractivity contribution in [2.75, 3.05) is 6.61 Å². The molecule has 0 bridgehead atoms. The normalized spacial score (nSPS) is 10.5. The fraction of sp³-hybridized carbons (Fsp3) is 0.462. The number of hydrogen-bond donors (Lipinski definition) is 1. The molecule has 0 aliphatic carbocycles. The molecule has 0 radical (unpaired) electrons. The number of aryl methyl sites for hydroxylation is 1. The summed E-state index contributed by atoms with van der Waals surface area (Å²) in [7, 11) is 0. The molecule has 0 spiro atoms. The average Bonchev–Trinajstić information content (AvgIpc) is 2.21. The molecule has 3 heteroatoms. The van der Waals surface area contributed by atoms with Crippen LogP contribution < -0.4 is 0 Å². The first-order valence-electron chi connectivity index (χ1n) is 5.48. The standard InChI is InChI=1S/C13H18O3/c1-9(2)7-8-16-13(15)11-6-4-5-10(3)12(11)14/h4-6,9,14H,7-8H2,1-3H3. The van der Waals surface area contributed by atoms with E-state index in [0.29, 0.717) is 18.1 Å². The van der Waals surface area contributed by atoms with Crippen LogP contribution in [0.2, 0.25) is 0 Å². The van der Waals surface area contributed by atoms with Gasteiger partial charge in [0, 0.05) is 0 Å². The van der Waals surface area contributed by atoms with Crippen LogP contribution in [0.3, 0.4) is 0 Å². The number of esters is 1. The van der Waals surface area contributed by atoms with Crippen molar-refractivity contribution < 1.29 is 14.6 Å². The van der Waals surface area contributed by atoms with Gasteiger partial charge in [-0.15, -0.1) is 0 Å². The quantitative estimate of drug-likeness (QED) is 0.797. The largest absolute Gasteiger partial charge is 0.507 e. The summed E-state index contributed by atoms with van der Waals surface area (Å²) >= 11 is 0. The van der Waals surface area contributed by atoms with Gasteiger partial charge in [-0.1, -0.05) is 26.0 Å². The van der Waals surface area contributed by atoms with Gasteiger partial charge in [0.25, 0.3) is 0 Å². The van der Waals surface area contributed by atoms with E-state index in [0.717, 1.165) is 6.42 Å². The third-order valence-electron chi connectivity index (χ3n) is 2.39. The molecular formula is C13H18O3. The number of para-hydroxylation sites is 1. The lowest BCUT2D eigenvalue weighted by atomic mass is 10.1. The molecule has 1 aromatic carbocycles. The second kappa shape index (κ2) is 5.54. The van der Waals surface area contributed by atoms with E-state index in [9.17, 15) is 9.90 Å². The van der Waals surface area contributed by atoms with Gasteiger partial charge in [-0.25, -0.2) is 4.79 Å². The van der Waals surface area contributed by atoms with Crippen LogP contribution in [-0.2, 0) is 4.74 Å². The maximum atomic E-state index is 11.6. The minimum atomic E-state index is -0.457. The van der Waals surface area contributed by atoms with Crippen molar-refractivity contribution in [2.24, 2.45) is 5.92 Å². The number of carbonyl (C=O) groups is 1. The topological polar surface area (TPSA) is 46.5 Å². The second-order valence-corrected chi connectivity index (χ2v) is 4.29. The van der Waals surface area contributed by atoms with Gasteiger partial charge in [-0.2, -0.15) is 0 Å². The Hall–Kier alpha value is -1.51. The van der Waals surface area contributed by atoms with Crippen LogP contribution in [0, 0.1) is 12.8 Å². The molecule has 0 unspecified atom stereocenters. The summed E-state index contributed by atoms with van der Waals surface area (Å²) in [5.74, 6) is 0.0535. The highest BCUT2D eigenvalue weighted by atomic mass is 16.5. The zero-order chi connectivity index (χ0) is 12.1. The predicted octanol–water partition coefficient (Wildman–Crippen LogP) is 2.90. The van der Waals surface area contributed by atoms with Crippen molar-refractivity contribution >= 4 is 5.97 Å². The van der Waals surface area contributed by atoms with Gasteiger partial charge in [0.1, 0.15) is 11.3 Å². The third-order valence-corrected chi connectivity index (χ3v) is 2.39. The molecule has 0 atom stereocenters. The zero-order valence-corrected chi connectivity index (χ0v) is 9.99. The fourth-order valence-electron chi connectivity index (χ4n) is 1.29. The fourth-order valence-corrected chi connectivity index (χ4v) is 1.29. The Balaban J connectivity index is 2.63. The molecule has 0 amide bonds. The first kappa shape index (κ1) is 12.6. The molecule has 0 saturated carbocycles.